The van der Waals surface area contributed by atoms with Gasteiger partial charge >= 0.3 is 6.01 Å². The van der Waals surface area contributed by atoms with Gasteiger partial charge in [-0.05, 0) is 48.3 Å². The van der Waals surface area contributed by atoms with Crippen LogP contribution in [-0.2, 0) is 12.0 Å². The van der Waals surface area contributed by atoms with Crippen LogP contribution in [0.25, 0.3) is 0 Å². The van der Waals surface area contributed by atoms with Crippen molar-refractivity contribution in [1.29, 1.82) is 0 Å². The molecule has 158 valence electrons. The molecule has 3 heterocycles. The predicted octanol–water partition coefficient (Wildman–Crippen LogP) is 5.02. The molecule has 1 aliphatic rings. The van der Waals surface area contributed by atoms with Crippen molar-refractivity contribution < 1.29 is 9.63 Å². The van der Waals surface area contributed by atoms with Crippen molar-refractivity contribution in [3.63, 3.8) is 0 Å². The van der Waals surface area contributed by atoms with Gasteiger partial charge in [0.1, 0.15) is 0 Å². The van der Waals surface area contributed by atoms with E-state index < -0.39 is 5.60 Å². The summed E-state index contributed by atoms with van der Waals surface area (Å²) in [5.41, 5.74) is 0.588. The first-order valence-electron chi connectivity index (χ1n) is 10.7. The van der Waals surface area contributed by atoms with Crippen LogP contribution < -0.4 is 4.90 Å². The quantitative estimate of drug-likeness (QED) is 0.465. The molecule has 0 bridgehead atoms. The molecule has 5 nitrogen and oxygen atoms in total. The Hall–Kier alpha value is -2.96. The van der Waals surface area contributed by atoms with Crippen molar-refractivity contribution >= 4 is 17.4 Å². The first-order valence-corrected chi connectivity index (χ1v) is 11.6. The van der Waals surface area contributed by atoms with Crippen molar-refractivity contribution in [1.82, 2.24) is 10.1 Å². The second kappa shape index (κ2) is 8.65. The molecule has 0 amide bonds. The van der Waals surface area contributed by atoms with Crippen LogP contribution in [-0.4, -0.2) is 27.8 Å². The van der Waals surface area contributed by atoms with Gasteiger partial charge in [0.05, 0.1) is 0 Å². The minimum Gasteiger partial charge on any atom is -0.372 e. The van der Waals surface area contributed by atoms with Crippen molar-refractivity contribution in [3.8, 4) is 0 Å². The number of aliphatic hydroxyl groups is 1. The summed E-state index contributed by atoms with van der Waals surface area (Å²) in [6.07, 6.45) is 4.31. The van der Waals surface area contributed by atoms with Crippen molar-refractivity contribution in [3.05, 3.63) is 100 Å². The molecule has 5 rings (SSSR count). The van der Waals surface area contributed by atoms with E-state index in [9.17, 15) is 5.11 Å². The maximum Gasteiger partial charge on any atom is 0.324 e. The van der Waals surface area contributed by atoms with Gasteiger partial charge in [0.2, 0.25) is 5.82 Å². The van der Waals surface area contributed by atoms with Gasteiger partial charge in [-0.3, -0.25) is 0 Å². The number of hydrogen-bond acceptors (Lipinski definition) is 6. The SMILES string of the molecule is OC(c1ccccc1)(c1noc(N2CCCCC2Cc2ccccc2)n1)c1cccs1. The summed E-state index contributed by atoms with van der Waals surface area (Å²) >= 11 is 1.48. The first-order chi connectivity index (χ1) is 15.2. The maximum absolute atomic E-state index is 11.8. The van der Waals surface area contributed by atoms with Crippen LogP contribution in [0.2, 0.25) is 0 Å². The zero-order chi connectivity index (χ0) is 21.1. The van der Waals surface area contributed by atoms with Gasteiger partial charge in [-0.2, -0.15) is 4.98 Å². The second-order valence-electron chi connectivity index (χ2n) is 7.99. The van der Waals surface area contributed by atoms with E-state index in [4.69, 9.17) is 9.51 Å². The normalized spacial score (nSPS) is 18.6. The van der Waals surface area contributed by atoms with Crippen molar-refractivity contribution in [2.45, 2.75) is 37.3 Å². The molecule has 2 aromatic carbocycles. The molecule has 0 aliphatic carbocycles. The maximum atomic E-state index is 11.8. The highest BCUT2D eigenvalue weighted by atomic mass is 32.1. The van der Waals surface area contributed by atoms with Gasteiger partial charge in [-0.1, -0.05) is 71.9 Å². The Labute approximate surface area is 186 Å². The summed E-state index contributed by atoms with van der Waals surface area (Å²) in [4.78, 5) is 7.72. The molecule has 1 aliphatic heterocycles. The topological polar surface area (TPSA) is 62.4 Å². The van der Waals surface area contributed by atoms with Crippen molar-refractivity contribution in [2.75, 3.05) is 11.4 Å². The number of thiophene rings is 1. The van der Waals surface area contributed by atoms with Crippen LogP contribution >= 0.6 is 11.3 Å². The standard InChI is InChI=1S/C25H25N3O2S/c29-25(22-15-9-17-31-22,20-12-5-2-6-13-20)23-26-24(30-27-23)28-16-8-7-14-21(28)18-19-10-3-1-4-11-19/h1-6,9-13,15,17,21,29H,7-8,14,16,18H2. The summed E-state index contributed by atoms with van der Waals surface area (Å²) in [7, 11) is 0. The number of anilines is 1. The van der Waals surface area contributed by atoms with Crippen LogP contribution in [0, 0.1) is 0 Å². The Balaban J connectivity index is 1.49. The van der Waals surface area contributed by atoms with Crippen LogP contribution in [0.15, 0.2) is 82.7 Å². The molecule has 31 heavy (non-hydrogen) atoms. The Bertz CT molecular complexity index is 1100. The summed E-state index contributed by atoms with van der Waals surface area (Å²) in [6, 6.07) is 24.7. The Morgan fingerprint density at radius 1 is 1.00 bits per heavy atom. The number of aromatic nitrogens is 2. The number of nitrogens with zero attached hydrogens (tertiary/aromatic N) is 3. The number of hydrogen-bond donors (Lipinski definition) is 1. The Kier molecular flexibility index (Phi) is 5.57. The van der Waals surface area contributed by atoms with Gasteiger partial charge in [-0.15, -0.1) is 11.3 Å². The fourth-order valence-corrected chi connectivity index (χ4v) is 5.22. The number of piperidine rings is 1. The van der Waals surface area contributed by atoms with E-state index in [1.807, 2.05) is 53.9 Å². The van der Waals surface area contributed by atoms with Crippen molar-refractivity contribution in [2.24, 2.45) is 0 Å². The van der Waals surface area contributed by atoms with E-state index >= 15 is 0 Å². The fraction of sp³-hybridized carbons (Fsp3) is 0.280. The molecule has 0 radical (unpaired) electrons. The monoisotopic (exact) mass is 431 g/mol. The zero-order valence-corrected chi connectivity index (χ0v) is 18.0. The van der Waals surface area contributed by atoms with E-state index in [1.165, 1.54) is 23.3 Å². The van der Waals surface area contributed by atoms with Crippen LogP contribution in [0.1, 0.15) is 41.1 Å². The lowest BCUT2D eigenvalue weighted by molar-refractivity contribution is 0.116. The molecule has 2 aromatic heterocycles. The molecule has 0 spiro atoms. The van der Waals surface area contributed by atoms with E-state index in [0.717, 1.165) is 36.2 Å². The molecule has 4 aromatic rings. The largest absolute Gasteiger partial charge is 0.372 e. The molecule has 1 fully saturated rings. The lowest BCUT2D eigenvalue weighted by atomic mass is 9.91. The van der Waals surface area contributed by atoms with E-state index in [2.05, 4.69) is 34.3 Å². The van der Waals surface area contributed by atoms with Crippen LogP contribution in [0.3, 0.4) is 0 Å². The van der Waals surface area contributed by atoms with Gasteiger partial charge in [0, 0.05) is 17.5 Å². The summed E-state index contributed by atoms with van der Waals surface area (Å²) in [6.45, 7) is 0.877. The summed E-state index contributed by atoms with van der Waals surface area (Å²) < 4.78 is 5.75. The van der Waals surface area contributed by atoms with E-state index in [0.29, 0.717) is 12.1 Å². The number of rotatable bonds is 6. The third-order valence-electron chi connectivity index (χ3n) is 6.00. The van der Waals surface area contributed by atoms with Gasteiger partial charge < -0.3 is 14.5 Å². The van der Waals surface area contributed by atoms with Crippen LogP contribution in [0.5, 0.6) is 0 Å². The molecule has 2 atom stereocenters. The van der Waals surface area contributed by atoms with E-state index in [1.54, 1.807) is 0 Å². The highest BCUT2D eigenvalue weighted by Gasteiger charge is 2.41. The third-order valence-corrected chi connectivity index (χ3v) is 6.97. The Morgan fingerprint density at radius 2 is 1.77 bits per heavy atom. The minimum atomic E-state index is -1.44. The fourth-order valence-electron chi connectivity index (χ4n) is 4.38. The molecular formula is C25H25N3O2S. The third kappa shape index (κ3) is 3.89. The second-order valence-corrected chi connectivity index (χ2v) is 8.93. The average Bonchev–Trinajstić information content (AvgIpc) is 3.54. The van der Waals surface area contributed by atoms with Gasteiger partial charge in [0.15, 0.2) is 5.60 Å². The summed E-state index contributed by atoms with van der Waals surface area (Å²) in [5, 5.41) is 18.0. The highest BCUT2D eigenvalue weighted by Crippen LogP contribution is 2.38. The molecule has 6 heteroatoms. The molecule has 1 saturated heterocycles. The predicted molar refractivity (Wildman–Crippen MR) is 122 cm³/mol. The molecule has 2 unspecified atom stereocenters. The Morgan fingerprint density at radius 3 is 2.52 bits per heavy atom. The zero-order valence-electron chi connectivity index (χ0n) is 17.2. The highest BCUT2D eigenvalue weighted by molar-refractivity contribution is 7.10. The number of benzene rings is 2. The lowest BCUT2D eigenvalue weighted by Crippen LogP contribution is -2.41. The molecule has 1 N–H and O–H groups in total. The van der Waals surface area contributed by atoms with Gasteiger partial charge in [-0.25, -0.2) is 0 Å². The molecule has 0 saturated carbocycles. The van der Waals surface area contributed by atoms with Crippen LogP contribution in [0.4, 0.5) is 6.01 Å². The smallest absolute Gasteiger partial charge is 0.324 e. The lowest BCUT2D eigenvalue weighted by Gasteiger charge is -2.34. The molecular weight excluding hydrogens is 406 g/mol. The van der Waals surface area contributed by atoms with Gasteiger partial charge in [0.25, 0.3) is 0 Å². The summed E-state index contributed by atoms with van der Waals surface area (Å²) in [5.74, 6) is 0.278. The van der Waals surface area contributed by atoms with E-state index in [-0.39, 0.29) is 5.82 Å². The average molecular weight is 432 g/mol. The first kappa shape index (κ1) is 20.0. The minimum absolute atomic E-state index is 0.278.